The molecule has 0 heterocycles. The van der Waals surface area contributed by atoms with Crippen LogP contribution in [0.1, 0.15) is 15.9 Å². The molecule has 0 bridgehead atoms. The summed E-state index contributed by atoms with van der Waals surface area (Å²) in [5.41, 5.74) is 7.71. The molecule has 4 N–H and O–H groups in total. The number of anilines is 3. The van der Waals surface area contributed by atoms with Crippen molar-refractivity contribution in [2.75, 3.05) is 11.1 Å². The van der Waals surface area contributed by atoms with Gasteiger partial charge in [-0.1, -0.05) is 29.3 Å². The number of hydrogen-bond acceptors (Lipinski definition) is 3. The summed E-state index contributed by atoms with van der Waals surface area (Å²) in [5, 5.41) is 13.0. The highest BCUT2D eigenvalue weighted by Gasteiger charge is 2.14. The summed E-state index contributed by atoms with van der Waals surface area (Å²) in [6.45, 7) is 1.84. The summed E-state index contributed by atoms with van der Waals surface area (Å²) in [5.74, 6) is -1.08. The van der Waals surface area contributed by atoms with Crippen molar-refractivity contribution in [2.45, 2.75) is 6.92 Å². The Labute approximate surface area is 126 Å². The van der Waals surface area contributed by atoms with Crippen molar-refractivity contribution >= 4 is 46.2 Å². The third-order valence-electron chi connectivity index (χ3n) is 2.82. The van der Waals surface area contributed by atoms with E-state index in [0.29, 0.717) is 27.1 Å². The Morgan fingerprint density at radius 2 is 1.95 bits per heavy atom. The minimum absolute atomic E-state index is 0.0543. The summed E-state index contributed by atoms with van der Waals surface area (Å²) in [6, 6.07) is 8.04. The molecule has 0 aliphatic carbocycles. The van der Waals surface area contributed by atoms with Crippen LogP contribution < -0.4 is 11.1 Å². The van der Waals surface area contributed by atoms with E-state index < -0.39 is 5.97 Å². The lowest BCUT2D eigenvalue weighted by Gasteiger charge is -2.14. The van der Waals surface area contributed by atoms with Crippen LogP contribution in [0.25, 0.3) is 0 Å². The van der Waals surface area contributed by atoms with E-state index in [1.165, 1.54) is 6.07 Å². The SMILES string of the molecule is Cc1ccc(Cl)c(Nc2ccc(N)cc2C(=O)O)c1Cl. The monoisotopic (exact) mass is 310 g/mol. The fourth-order valence-corrected chi connectivity index (χ4v) is 2.22. The van der Waals surface area contributed by atoms with Crippen LogP contribution in [-0.2, 0) is 0 Å². The first-order chi connectivity index (χ1) is 9.40. The molecule has 0 aromatic heterocycles. The highest BCUT2D eigenvalue weighted by Crippen LogP contribution is 2.36. The van der Waals surface area contributed by atoms with Gasteiger partial charge in [-0.3, -0.25) is 0 Å². The topological polar surface area (TPSA) is 75.3 Å². The van der Waals surface area contributed by atoms with Crippen molar-refractivity contribution in [3.05, 3.63) is 51.5 Å². The smallest absolute Gasteiger partial charge is 0.337 e. The quantitative estimate of drug-likeness (QED) is 0.738. The van der Waals surface area contributed by atoms with Crippen LogP contribution in [0.5, 0.6) is 0 Å². The van der Waals surface area contributed by atoms with E-state index in [1.54, 1.807) is 24.3 Å². The molecule has 6 heteroatoms. The van der Waals surface area contributed by atoms with Crippen molar-refractivity contribution < 1.29 is 9.90 Å². The standard InChI is InChI=1S/C14H12Cl2N2O2/c1-7-2-4-10(15)13(12(7)16)18-11-5-3-8(17)6-9(11)14(19)20/h2-6,18H,17H2,1H3,(H,19,20). The molecule has 0 saturated heterocycles. The van der Waals surface area contributed by atoms with E-state index in [0.717, 1.165) is 5.56 Å². The average molecular weight is 311 g/mol. The number of nitrogens with one attached hydrogen (secondary N) is 1. The number of aromatic carboxylic acids is 1. The highest BCUT2D eigenvalue weighted by atomic mass is 35.5. The summed E-state index contributed by atoms with van der Waals surface area (Å²) in [7, 11) is 0. The highest BCUT2D eigenvalue weighted by molar-refractivity contribution is 6.39. The lowest BCUT2D eigenvalue weighted by atomic mass is 10.1. The number of nitrogen functional groups attached to an aromatic ring is 1. The van der Waals surface area contributed by atoms with E-state index in [9.17, 15) is 9.90 Å². The van der Waals surface area contributed by atoms with E-state index in [-0.39, 0.29) is 5.56 Å². The van der Waals surface area contributed by atoms with Gasteiger partial charge < -0.3 is 16.2 Å². The normalized spacial score (nSPS) is 10.3. The van der Waals surface area contributed by atoms with Gasteiger partial charge in [-0.25, -0.2) is 4.79 Å². The maximum absolute atomic E-state index is 11.2. The maximum Gasteiger partial charge on any atom is 0.337 e. The number of benzene rings is 2. The number of nitrogens with two attached hydrogens (primary N) is 1. The van der Waals surface area contributed by atoms with Crippen LogP contribution in [0.15, 0.2) is 30.3 Å². The van der Waals surface area contributed by atoms with Gasteiger partial charge in [0.15, 0.2) is 0 Å². The Morgan fingerprint density at radius 3 is 2.60 bits per heavy atom. The molecule has 0 unspecified atom stereocenters. The Kier molecular flexibility index (Phi) is 4.06. The molecule has 20 heavy (non-hydrogen) atoms. The minimum atomic E-state index is -1.08. The Morgan fingerprint density at radius 1 is 1.25 bits per heavy atom. The van der Waals surface area contributed by atoms with E-state index >= 15 is 0 Å². The third kappa shape index (κ3) is 2.81. The predicted octanol–water partition coefficient (Wildman–Crippen LogP) is 4.33. The van der Waals surface area contributed by atoms with Gasteiger partial charge in [0.25, 0.3) is 0 Å². The predicted molar refractivity (Wildman–Crippen MR) is 82.3 cm³/mol. The first kappa shape index (κ1) is 14.5. The lowest BCUT2D eigenvalue weighted by molar-refractivity contribution is 0.0698. The number of rotatable bonds is 3. The molecule has 0 saturated carbocycles. The summed E-state index contributed by atoms with van der Waals surface area (Å²) >= 11 is 12.3. The third-order valence-corrected chi connectivity index (χ3v) is 3.62. The Balaban J connectivity index is 2.51. The van der Waals surface area contributed by atoms with Crippen LogP contribution in [-0.4, -0.2) is 11.1 Å². The van der Waals surface area contributed by atoms with Crippen LogP contribution in [0.2, 0.25) is 10.0 Å². The number of aryl methyl sites for hydroxylation is 1. The summed E-state index contributed by atoms with van der Waals surface area (Å²) in [4.78, 5) is 11.2. The molecule has 2 aromatic rings. The zero-order valence-corrected chi connectivity index (χ0v) is 12.1. The summed E-state index contributed by atoms with van der Waals surface area (Å²) in [6.07, 6.45) is 0. The van der Waals surface area contributed by atoms with E-state index in [2.05, 4.69) is 5.32 Å². The van der Waals surface area contributed by atoms with Crippen LogP contribution in [0.4, 0.5) is 17.1 Å². The van der Waals surface area contributed by atoms with Gasteiger partial charge in [-0.15, -0.1) is 0 Å². The van der Waals surface area contributed by atoms with Crippen LogP contribution in [0.3, 0.4) is 0 Å². The van der Waals surface area contributed by atoms with E-state index in [1.807, 2.05) is 6.92 Å². The Hall–Kier alpha value is -1.91. The lowest BCUT2D eigenvalue weighted by Crippen LogP contribution is -2.04. The summed E-state index contributed by atoms with van der Waals surface area (Å²) < 4.78 is 0. The van der Waals surface area contributed by atoms with Gasteiger partial charge in [-0.2, -0.15) is 0 Å². The molecule has 104 valence electrons. The second-order valence-electron chi connectivity index (χ2n) is 4.29. The molecular weight excluding hydrogens is 299 g/mol. The number of carboxylic acids is 1. The van der Waals surface area contributed by atoms with Crippen molar-refractivity contribution in [2.24, 2.45) is 0 Å². The molecule has 0 aliphatic heterocycles. The maximum atomic E-state index is 11.2. The first-order valence-electron chi connectivity index (χ1n) is 5.74. The number of carbonyl (C=O) groups is 1. The molecule has 0 spiro atoms. The van der Waals surface area contributed by atoms with Crippen molar-refractivity contribution in [1.82, 2.24) is 0 Å². The average Bonchev–Trinajstić information content (AvgIpc) is 2.40. The van der Waals surface area contributed by atoms with Gasteiger partial charge >= 0.3 is 5.97 Å². The fourth-order valence-electron chi connectivity index (χ4n) is 1.75. The molecule has 0 radical (unpaired) electrons. The first-order valence-corrected chi connectivity index (χ1v) is 6.50. The fraction of sp³-hybridized carbons (Fsp3) is 0.0714. The second kappa shape index (κ2) is 5.61. The zero-order chi connectivity index (χ0) is 14.9. The van der Waals surface area contributed by atoms with Gasteiger partial charge in [0.05, 0.1) is 27.0 Å². The van der Waals surface area contributed by atoms with Gasteiger partial charge in [-0.05, 0) is 36.8 Å². The Bertz CT molecular complexity index is 687. The van der Waals surface area contributed by atoms with Gasteiger partial charge in [0, 0.05) is 5.69 Å². The van der Waals surface area contributed by atoms with Gasteiger partial charge in [0.1, 0.15) is 0 Å². The molecular formula is C14H12Cl2N2O2. The minimum Gasteiger partial charge on any atom is -0.478 e. The van der Waals surface area contributed by atoms with Crippen LogP contribution >= 0.6 is 23.2 Å². The molecule has 0 aliphatic rings. The van der Waals surface area contributed by atoms with Crippen molar-refractivity contribution in [1.29, 1.82) is 0 Å². The molecule has 0 atom stereocenters. The molecule has 2 aromatic carbocycles. The zero-order valence-electron chi connectivity index (χ0n) is 10.6. The van der Waals surface area contributed by atoms with E-state index in [4.69, 9.17) is 28.9 Å². The molecule has 0 amide bonds. The van der Waals surface area contributed by atoms with Crippen molar-refractivity contribution in [3.8, 4) is 0 Å². The molecule has 0 fully saturated rings. The van der Waals surface area contributed by atoms with Gasteiger partial charge in [0.2, 0.25) is 0 Å². The number of carboxylic acid groups (broad SMARTS) is 1. The van der Waals surface area contributed by atoms with Crippen LogP contribution in [0, 0.1) is 6.92 Å². The molecule has 2 rings (SSSR count). The number of hydrogen-bond donors (Lipinski definition) is 3. The number of halogens is 2. The second-order valence-corrected chi connectivity index (χ2v) is 5.07. The molecule has 4 nitrogen and oxygen atoms in total. The van der Waals surface area contributed by atoms with Crippen molar-refractivity contribution in [3.63, 3.8) is 0 Å². The largest absolute Gasteiger partial charge is 0.478 e.